The third-order valence-corrected chi connectivity index (χ3v) is 4.74. The van der Waals surface area contributed by atoms with Gasteiger partial charge in [-0.1, -0.05) is 88.6 Å². The molecule has 27 heavy (non-hydrogen) atoms. The Kier molecular flexibility index (Phi) is 10.2. The zero-order valence-corrected chi connectivity index (χ0v) is 16.8. The average molecular weight is 370 g/mol. The van der Waals surface area contributed by atoms with Crippen molar-refractivity contribution in [2.45, 2.75) is 77.6 Å². The zero-order valence-electron chi connectivity index (χ0n) is 16.8. The summed E-state index contributed by atoms with van der Waals surface area (Å²) in [6.07, 6.45) is 13.6. The van der Waals surface area contributed by atoms with Gasteiger partial charge in [-0.3, -0.25) is 0 Å². The average Bonchev–Trinajstić information content (AvgIpc) is 2.67. The van der Waals surface area contributed by atoms with Gasteiger partial charge in [-0.05, 0) is 18.4 Å². The third kappa shape index (κ3) is 9.36. The van der Waals surface area contributed by atoms with Crippen molar-refractivity contribution in [3.8, 4) is 0 Å². The molecule has 0 radical (unpaired) electrons. The minimum atomic E-state index is 0.304. The quantitative estimate of drug-likeness (QED) is 0.449. The third-order valence-electron chi connectivity index (χ3n) is 4.74. The molecule has 148 valence electrons. The number of unbranched alkanes of at least 4 members (excludes halogenated alkanes) is 8. The summed E-state index contributed by atoms with van der Waals surface area (Å²) in [5, 5.41) is 3.27. The first-order valence-electron chi connectivity index (χ1n) is 10.6. The van der Waals surface area contributed by atoms with Gasteiger partial charge in [0.1, 0.15) is 5.82 Å². The molecule has 0 spiro atoms. The van der Waals surface area contributed by atoms with Crippen molar-refractivity contribution in [2.75, 3.05) is 17.6 Å². The number of benzene rings is 1. The maximum absolute atomic E-state index is 5.85. The van der Waals surface area contributed by atoms with E-state index in [1.807, 2.05) is 6.07 Å². The highest BCUT2D eigenvalue weighted by Crippen LogP contribution is 2.12. The van der Waals surface area contributed by atoms with Gasteiger partial charge in [0.15, 0.2) is 0 Å². The molecule has 2 rings (SSSR count). The smallest absolute Gasteiger partial charge is 0.227 e. The van der Waals surface area contributed by atoms with E-state index in [0.717, 1.165) is 31.6 Å². The number of anilines is 2. The van der Waals surface area contributed by atoms with Crippen LogP contribution in [0.1, 0.15) is 76.1 Å². The summed E-state index contributed by atoms with van der Waals surface area (Å²) in [5.74, 6) is 1.69. The SMILES string of the molecule is CCCCCCCCCCCc1nc(N)nc(NCCc2ccccc2)n1. The molecule has 2 aromatic rings. The number of nitrogens with zero attached hydrogens (tertiary/aromatic N) is 3. The van der Waals surface area contributed by atoms with Crippen LogP contribution in [0.3, 0.4) is 0 Å². The van der Waals surface area contributed by atoms with Crippen LogP contribution in [-0.4, -0.2) is 21.5 Å². The van der Waals surface area contributed by atoms with Gasteiger partial charge >= 0.3 is 0 Å². The fourth-order valence-corrected chi connectivity index (χ4v) is 3.19. The molecule has 0 bridgehead atoms. The van der Waals surface area contributed by atoms with Crippen LogP contribution in [0.5, 0.6) is 0 Å². The highest BCUT2D eigenvalue weighted by atomic mass is 15.2. The summed E-state index contributed by atoms with van der Waals surface area (Å²) in [6, 6.07) is 10.4. The molecule has 0 fully saturated rings. The van der Waals surface area contributed by atoms with E-state index in [-0.39, 0.29) is 0 Å². The van der Waals surface area contributed by atoms with Gasteiger partial charge in [-0.25, -0.2) is 0 Å². The molecule has 0 aliphatic rings. The number of hydrogen-bond donors (Lipinski definition) is 2. The Bertz CT molecular complexity index is 630. The fraction of sp³-hybridized carbons (Fsp3) is 0.591. The van der Waals surface area contributed by atoms with Crippen LogP contribution in [-0.2, 0) is 12.8 Å². The lowest BCUT2D eigenvalue weighted by molar-refractivity contribution is 0.562. The molecule has 1 aromatic heterocycles. The molecular weight excluding hydrogens is 334 g/mol. The number of nitrogen functional groups attached to an aromatic ring is 1. The van der Waals surface area contributed by atoms with Crippen molar-refractivity contribution < 1.29 is 0 Å². The van der Waals surface area contributed by atoms with Crippen LogP contribution < -0.4 is 11.1 Å². The summed E-state index contributed by atoms with van der Waals surface area (Å²) >= 11 is 0. The molecule has 0 atom stereocenters. The summed E-state index contributed by atoms with van der Waals surface area (Å²) < 4.78 is 0. The minimum Gasteiger partial charge on any atom is -0.368 e. The topological polar surface area (TPSA) is 76.7 Å². The van der Waals surface area contributed by atoms with Gasteiger partial charge in [-0.15, -0.1) is 0 Å². The van der Waals surface area contributed by atoms with E-state index >= 15 is 0 Å². The first-order chi connectivity index (χ1) is 13.3. The Balaban J connectivity index is 1.64. The van der Waals surface area contributed by atoms with Crippen molar-refractivity contribution >= 4 is 11.9 Å². The maximum Gasteiger partial charge on any atom is 0.227 e. The molecule has 0 aliphatic carbocycles. The lowest BCUT2D eigenvalue weighted by Gasteiger charge is -2.07. The van der Waals surface area contributed by atoms with Crippen LogP contribution >= 0.6 is 0 Å². The fourth-order valence-electron chi connectivity index (χ4n) is 3.19. The Hall–Kier alpha value is -2.17. The van der Waals surface area contributed by atoms with Gasteiger partial charge in [0.05, 0.1) is 0 Å². The highest BCUT2D eigenvalue weighted by Gasteiger charge is 2.04. The van der Waals surface area contributed by atoms with E-state index in [2.05, 4.69) is 51.5 Å². The zero-order chi connectivity index (χ0) is 19.2. The lowest BCUT2D eigenvalue weighted by atomic mass is 10.1. The normalized spacial score (nSPS) is 10.9. The summed E-state index contributed by atoms with van der Waals surface area (Å²) in [6.45, 7) is 3.04. The Morgan fingerprint density at radius 1 is 0.778 bits per heavy atom. The number of hydrogen-bond acceptors (Lipinski definition) is 5. The molecule has 5 heteroatoms. The van der Waals surface area contributed by atoms with E-state index < -0.39 is 0 Å². The second-order valence-corrected chi connectivity index (χ2v) is 7.17. The molecule has 5 nitrogen and oxygen atoms in total. The van der Waals surface area contributed by atoms with E-state index in [9.17, 15) is 0 Å². The van der Waals surface area contributed by atoms with E-state index in [0.29, 0.717) is 11.9 Å². The minimum absolute atomic E-state index is 0.304. The van der Waals surface area contributed by atoms with Crippen molar-refractivity contribution in [1.82, 2.24) is 15.0 Å². The van der Waals surface area contributed by atoms with Crippen molar-refractivity contribution in [3.05, 3.63) is 41.7 Å². The van der Waals surface area contributed by atoms with E-state index in [1.165, 1.54) is 56.9 Å². The highest BCUT2D eigenvalue weighted by molar-refractivity contribution is 5.31. The second kappa shape index (κ2) is 13.1. The Morgan fingerprint density at radius 3 is 2.15 bits per heavy atom. The first-order valence-corrected chi connectivity index (χ1v) is 10.6. The van der Waals surface area contributed by atoms with Crippen LogP contribution in [0.15, 0.2) is 30.3 Å². The van der Waals surface area contributed by atoms with Crippen LogP contribution in [0.4, 0.5) is 11.9 Å². The van der Waals surface area contributed by atoms with Crippen molar-refractivity contribution in [2.24, 2.45) is 0 Å². The molecule has 0 amide bonds. The summed E-state index contributed by atoms with van der Waals surface area (Å²) in [4.78, 5) is 13.0. The Labute approximate surface area is 164 Å². The molecule has 3 N–H and O–H groups in total. The first kappa shape index (κ1) is 21.1. The molecular formula is C22H35N5. The lowest BCUT2D eigenvalue weighted by Crippen LogP contribution is -2.12. The monoisotopic (exact) mass is 369 g/mol. The summed E-state index contributed by atoms with van der Waals surface area (Å²) in [7, 11) is 0. The number of nitrogens with two attached hydrogens (primary N) is 1. The molecule has 0 aliphatic heterocycles. The van der Waals surface area contributed by atoms with Gasteiger partial charge in [0.25, 0.3) is 0 Å². The van der Waals surface area contributed by atoms with Crippen LogP contribution in [0, 0.1) is 0 Å². The molecule has 1 heterocycles. The van der Waals surface area contributed by atoms with Gasteiger partial charge in [0.2, 0.25) is 11.9 Å². The number of aromatic nitrogens is 3. The number of aryl methyl sites for hydroxylation is 1. The predicted molar refractivity (Wildman–Crippen MR) is 114 cm³/mol. The predicted octanol–water partition coefficient (Wildman–Crippen LogP) is 5.18. The Morgan fingerprint density at radius 2 is 1.44 bits per heavy atom. The molecule has 0 unspecified atom stereocenters. The van der Waals surface area contributed by atoms with Gasteiger partial charge in [0, 0.05) is 13.0 Å². The van der Waals surface area contributed by atoms with E-state index in [1.54, 1.807) is 0 Å². The number of nitrogens with one attached hydrogen (secondary N) is 1. The van der Waals surface area contributed by atoms with Gasteiger partial charge < -0.3 is 11.1 Å². The molecule has 0 saturated heterocycles. The van der Waals surface area contributed by atoms with Crippen LogP contribution in [0.25, 0.3) is 0 Å². The largest absolute Gasteiger partial charge is 0.368 e. The second-order valence-electron chi connectivity index (χ2n) is 7.17. The summed E-state index contributed by atoms with van der Waals surface area (Å²) in [5.41, 5.74) is 7.14. The van der Waals surface area contributed by atoms with Crippen molar-refractivity contribution in [3.63, 3.8) is 0 Å². The van der Waals surface area contributed by atoms with Crippen molar-refractivity contribution in [1.29, 1.82) is 0 Å². The number of rotatable bonds is 14. The molecule has 1 aromatic carbocycles. The van der Waals surface area contributed by atoms with Crippen LogP contribution in [0.2, 0.25) is 0 Å². The van der Waals surface area contributed by atoms with E-state index in [4.69, 9.17) is 5.73 Å². The standard InChI is InChI=1S/C22H35N5/c1-2-3-4-5-6-7-8-9-13-16-20-25-21(23)27-22(26-20)24-18-17-19-14-11-10-12-15-19/h10-12,14-15H,2-9,13,16-18H2,1H3,(H3,23,24,25,26,27). The molecule has 0 saturated carbocycles. The van der Waals surface area contributed by atoms with Gasteiger partial charge in [-0.2, -0.15) is 15.0 Å². The maximum atomic E-state index is 5.85.